The molecular weight excluding hydrogens is 315 g/mol. The Morgan fingerprint density at radius 3 is 2.68 bits per heavy atom. The van der Waals surface area contributed by atoms with Gasteiger partial charge >= 0.3 is 10.5 Å². The van der Waals surface area contributed by atoms with Gasteiger partial charge in [0, 0.05) is 19.9 Å². The van der Waals surface area contributed by atoms with Crippen molar-refractivity contribution in [2.24, 2.45) is 0 Å². The summed E-state index contributed by atoms with van der Waals surface area (Å²) in [7, 11) is -3.57. The molecule has 0 radical (unpaired) electrons. The minimum absolute atomic E-state index is 0.102. The fourth-order valence-electron chi connectivity index (χ4n) is 2.68. The average molecular weight is 332 g/mol. The standard InChI is InChI=1S/C13H17FN2O5S/c1-13(2)11(20-3)4-5-16(13)12(17)9-6-10(8-15-7-9)21-22(14,18)19/h6-8,11H,4-5H2,1-3H3. The highest BCUT2D eigenvalue weighted by Crippen LogP contribution is 2.32. The second-order valence-electron chi connectivity index (χ2n) is 5.51. The van der Waals surface area contributed by atoms with Crippen molar-refractivity contribution in [3.05, 3.63) is 24.0 Å². The van der Waals surface area contributed by atoms with E-state index in [1.807, 2.05) is 13.8 Å². The van der Waals surface area contributed by atoms with Crippen molar-refractivity contribution in [3.8, 4) is 5.75 Å². The number of methoxy groups -OCH3 is 1. The van der Waals surface area contributed by atoms with Crippen LogP contribution < -0.4 is 4.18 Å². The van der Waals surface area contributed by atoms with Crippen molar-refractivity contribution in [1.29, 1.82) is 0 Å². The third-order valence-corrected chi connectivity index (χ3v) is 4.18. The molecule has 0 bridgehead atoms. The molecule has 0 N–H and O–H groups in total. The molecule has 1 amide bonds. The molecule has 1 saturated heterocycles. The van der Waals surface area contributed by atoms with E-state index in [-0.39, 0.29) is 23.3 Å². The fourth-order valence-corrected chi connectivity index (χ4v) is 3.00. The van der Waals surface area contributed by atoms with Gasteiger partial charge in [-0.25, -0.2) is 0 Å². The molecule has 7 nitrogen and oxygen atoms in total. The number of ether oxygens (including phenoxy) is 1. The van der Waals surface area contributed by atoms with Gasteiger partial charge in [-0.3, -0.25) is 9.78 Å². The number of rotatable bonds is 4. The lowest BCUT2D eigenvalue weighted by Gasteiger charge is -2.35. The van der Waals surface area contributed by atoms with Gasteiger partial charge in [-0.15, -0.1) is 0 Å². The summed E-state index contributed by atoms with van der Waals surface area (Å²) < 4.78 is 43.0. The van der Waals surface area contributed by atoms with Crippen molar-refractivity contribution in [2.75, 3.05) is 13.7 Å². The van der Waals surface area contributed by atoms with Crippen LogP contribution in [0.4, 0.5) is 3.89 Å². The molecule has 0 saturated carbocycles. The molecular formula is C13H17FN2O5S. The Labute approximate surface area is 128 Å². The maximum absolute atomic E-state index is 12.6. The molecule has 2 rings (SSSR count). The molecule has 122 valence electrons. The van der Waals surface area contributed by atoms with Gasteiger partial charge in [0.25, 0.3) is 5.91 Å². The summed E-state index contributed by atoms with van der Waals surface area (Å²) in [5.74, 6) is -0.701. The van der Waals surface area contributed by atoms with Crippen LogP contribution in [0.2, 0.25) is 0 Å². The van der Waals surface area contributed by atoms with Gasteiger partial charge in [0.05, 0.1) is 23.4 Å². The SMILES string of the molecule is COC1CCN(C(=O)c2cncc(OS(=O)(=O)F)c2)C1(C)C. The van der Waals surface area contributed by atoms with Gasteiger partial charge in [-0.05, 0) is 26.3 Å². The van der Waals surface area contributed by atoms with Crippen LogP contribution in [0.25, 0.3) is 0 Å². The smallest absolute Gasteiger partial charge is 0.379 e. The zero-order valence-corrected chi connectivity index (χ0v) is 13.3. The molecule has 9 heteroatoms. The van der Waals surface area contributed by atoms with E-state index in [1.54, 1.807) is 12.0 Å². The molecule has 2 heterocycles. The highest BCUT2D eigenvalue weighted by molar-refractivity contribution is 7.81. The van der Waals surface area contributed by atoms with Gasteiger partial charge in [-0.1, -0.05) is 3.89 Å². The van der Waals surface area contributed by atoms with Crippen LogP contribution in [-0.4, -0.2) is 49.5 Å². The maximum atomic E-state index is 12.6. The van der Waals surface area contributed by atoms with E-state index in [9.17, 15) is 17.1 Å². The number of nitrogens with zero attached hydrogens (tertiary/aromatic N) is 2. The van der Waals surface area contributed by atoms with Crippen LogP contribution in [0.3, 0.4) is 0 Å². The van der Waals surface area contributed by atoms with Crippen LogP contribution >= 0.6 is 0 Å². The number of carbonyl (C=O) groups excluding carboxylic acids is 1. The average Bonchev–Trinajstić information content (AvgIpc) is 2.70. The lowest BCUT2D eigenvalue weighted by Crippen LogP contribution is -2.48. The zero-order chi connectivity index (χ0) is 16.5. The van der Waals surface area contributed by atoms with Crippen molar-refractivity contribution in [2.45, 2.75) is 31.9 Å². The molecule has 1 aromatic heterocycles. The predicted octanol–water partition coefficient (Wildman–Crippen LogP) is 1.31. The topological polar surface area (TPSA) is 85.8 Å². The molecule has 0 aromatic carbocycles. The molecule has 22 heavy (non-hydrogen) atoms. The predicted molar refractivity (Wildman–Crippen MR) is 75.4 cm³/mol. The highest BCUT2D eigenvalue weighted by Gasteiger charge is 2.44. The number of amides is 1. The van der Waals surface area contributed by atoms with Crippen molar-refractivity contribution in [3.63, 3.8) is 0 Å². The van der Waals surface area contributed by atoms with Gasteiger partial charge in [0.1, 0.15) is 0 Å². The lowest BCUT2D eigenvalue weighted by molar-refractivity contribution is 0.0179. The van der Waals surface area contributed by atoms with Crippen LogP contribution in [-0.2, 0) is 15.2 Å². The Hall–Kier alpha value is -1.74. The molecule has 0 aliphatic carbocycles. The number of hydrogen-bond donors (Lipinski definition) is 0. The lowest BCUT2D eigenvalue weighted by atomic mass is 9.98. The first-order valence-electron chi connectivity index (χ1n) is 6.59. The van der Waals surface area contributed by atoms with Crippen molar-refractivity contribution >= 4 is 16.4 Å². The number of likely N-dealkylation sites (tertiary alicyclic amines) is 1. The summed E-state index contributed by atoms with van der Waals surface area (Å²) >= 11 is 0. The van der Waals surface area contributed by atoms with Crippen molar-refractivity contribution in [1.82, 2.24) is 9.88 Å². The van der Waals surface area contributed by atoms with E-state index in [2.05, 4.69) is 9.17 Å². The van der Waals surface area contributed by atoms with E-state index in [0.29, 0.717) is 13.0 Å². The first-order valence-corrected chi connectivity index (χ1v) is 7.90. The second-order valence-corrected chi connectivity index (χ2v) is 6.46. The summed E-state index contributed by atoms with van der Waals surface area (Å²) in [6.07, 6.45) is 2.88. The Kier molecular flexibility index (Phi) is 4.39. The van der Waals surface area contributed by atoms with Crippen LogP contribution in [0.15, 0.2) is 18.5 Å². The third kappa shape index (κ3) is 3.36. The summed E-state index contributed by atoms with van der Waals surface area (Å²) in [5.41, 5.74) is -0.402. The molecule has 0 spiro atoms. The quantitative estimate of drug-likeness (QED) is 0.773. The molecule has 1 aliphatic rings. The van der Waals surface area contributed by atoms with E-state index >= 15 is 0 Å². The fraction of sp³-hybridized carbons (Fsp3) is 0.538. The molecule has 1 atom stereocenters. The maximum Gasteiger partial charge on any atom is 0.488 e. The number of carbonyl (C=O) groups is 1. The Bertz CT molecular complexity index is 677. The molecule has 1 unspecified atom stereocenters. The van der Waals surface area contributed by atoms with Gasteiger partial charge in [0.15, 0.2) is 5.75 Å². The van der Waals surface area contributed by atoms with Crippen LogP contribution in [0.5, 0.6) is 5.75 Å². The number of halogens is 1. The van der Waals surface area contributed by atoms with Gasteiger partial charge < -0.3 is 13.8 Å². The van der Waals surface area contributed by atoms with Crippen molar-refractivity contribution < 1.29 is 26.0 Å². The minimum atomic E-state index is -5.16. The van der Waals surface area contributed by atoms with Gasteiger partial charge in [0.2, 0.25) is 0 Å². The summed E-state index contributed by atoms with van der Waals surface area (Å²) in [4.78, 5) is 17.9. The summed E-state index contributed by atoms with van der Waals surface area (Å²) in [6, 6.07) is 1.14. The van der Waals surface area contributed by atoms with E-state index < -0.39 is 16.0 Å². The Morgan fingerprint density at radius 2 is 2.14 bits per heavy atom. The van der Waals surface area contributed by atoms with Crippen LogP contribution in [0, 0.1) is 0 Å². The second kappa shape index (κ2) is 5.81. The first kappa shape index (κ1) is 16.6. The normalized spacial score (nSPS) is 20.9. The first-order chi connectivity index (χ1) is 10.1. The number of pyridine rings is 1. The zero-order valence-electron chi connectivity index (χ0n) is 12.4. The van der Waals surface area contributed by atoms with Crippen LogP contribution in [0.1, 0.15) is 30.6 Å². The van der Waals surface area contributed by atoms with E-state index in [4.69, 9.17) is 4.74 Å². The number of hydrogen-bond acceptors (Lipinski definition) is 6. The molecule has 1 fully saturated rings. The van der Waals surface area contributed by atoms with E-state index in [0.717, 1.165) is 12.3 Å². The Balaban J connectivity index is 2.25. The summed E-state index contributed by atoms with van der Waals surface area (Å²) in [5, 5.41) is 0. The third-order valence-electron chi connectivity index (χ3n) is 3.78. The van der Waals surface area contributed by atoms with Gasteiger partial charge in [-0.2, -0.15) is 8.42 Å². The van der Waals surface area contributed by atoms with E-state index in [1.165, 1.54) is 6.20 Å². The molecule has 1 aromatic rings. The molecule has 1 aliphatic heterocycles. The number of aromatic nitrogens is 1. The Morgan fingerprint density at radius 1 is 1.45 bits per heavy atom. The monoisotopic (exact) mass is 332 g/mol. The largest absolute Gasteiger partial charge is 0.488 e. The highest BCUT2D eigenvalue weighted by atomic mass is 32.3. The summed E-state index contributed by atoms with van der Waals surface area (Å²) in [6.45, 7) is 4.26. The minimum Gasteiger partial charge on any atom is -0.379 e.